The van der Waals surface area contributed by atoms with Crippen molar-refractivity contribution in [2.45, 2.75) is 45.4 Å². The van der Waals surface area contributed by atoms with Crippen molar-refractivity contribution in [3.05, 3.63) is 15.4 Å². The molecule has 0 radical (unpaired) electrons. The molecule has 2 aromatic rings. The number of hydrogen-bond acceptors (Lipinski definition) is 5. The van der Waals surface area contributed by atoms with E-state index < -0.39 is 0 Å². The van der Waals surface area contributed by atoms with Crippen LogP contribution in [0.15, 0.2) is 8.20 Å². The summed E-state index contributed by atoms with van der Waals surface area (Å²) in [5.74, 6) is 1.89. The van der Waals surface area contributed by atoms with Crippen molar-refractivity contribution in [1.29, 1.82) is 0 Å². The lowest BCUT2D eigenvalue weighted by Gasteiger charge is -2.20. The summed E-state index contributed by atoms with van der Waals surface area (Å²) in [6, 6.07) is 0. The lowest BCUT2D eigenvalue weighted by Crippen LogP contribution is -2.09. The van der Waals surface area contributed by atoms with Gasteiger partial charge in [0.15, 0.2) is 5.01 Å². The second-order valence-corrected chi connectivity index (χ2v) is 7.39. The van der Waals surface area contributed by atoms with Crippen molar-refractivity contribution in [2.75, 3.05) is 0 Å². The SMILES string of the molecule is Cc1nnc(-c2nc(CC3CCCCC3)c(Br)s2)o1. The van der Waals surface area contributed by atoms with Crippen molar-refractivity contribution in [3.63, 3.8) is 0 Å². The maximum atomic E-state index is 5.43. The molecule has 0 N–H and O–H groups in total. The van der Waals surface area contributed by atoms with Crippen molar-refractivity contribution < 1.29 is 4.42 Å². The van der Waals surface area contributed by atoms with E-state index in [4.69, 9.17) is 4.42 Å². The van der Waals surface area contributed by atoms with Crippen LogP contribution < -0.4 is 0 Å². The molecule has 0 atom stereocenters. The summed E-state index contributed by atoms with van der Waals surface area (Å²) in [6.45, 7) is 1.79. The first-order chi connectivity index (χ1) is 9.22. The zero-order valence-electron chi connectivity index (χ0n) is 10.9. The van der Waals surface area contributed by atoms with Gasteiger partial charge < -0.3 is 4.42 Å². The third-order valence-electron chi connectivity index (χ3n) is 3.57. The van der Waals surface area contributed by atoms with Crippen LogP contribution in [0.3, 0.4) is 0 Å². The Balaban J connectivity index is 1.77. The highest BCUT2D eigenvalue weighted by atomic mass is 79.9. The summed E-state index contributed by atoms with van der Waals surface area (Å²) in [4.78, 5) is 4.66. The molecule has 19 heavy (non-hydrogen) atoms. The number of nitrogens with zero attached hydrogens (tertiary/aromatic N) is 3. The van der Waals surface area contributed by atoms with Crippen molar-refractivity contribution in [3.8, 4) is 10.9 Å². The zero-order valence-corrected chi connectivity index (χ0v) is 13.3. The van der Waals surface area contributed by atoms with Gasteiger partial charge in [-0.25, -0.2) is 4.98 Å². The van der Waals surface area contributed by atoms with Gasteiger partial charge in [-0.05, 0) is 28.3 Å². The van der Waals surface area contributed by atoms with E-state index in [-0.39, 0.29) is 0 Å². The fraction of sp³-hybridized carbons (Fsp3) is 0.615. The van der Waals surface area contributed by atoms with E-state index >= 15 is 0 Å². The van der Waals surface area contributed by atoms with E-state index in [2.05, 4.69) is 31.1 Å². The third kappa shape index (κ3) is 3.05. The molecular weight excluding hydrogens is 326 g/mol. The second kappa shape index (κ2) is 5.71. The topological polar surface area (TPSA) is 51.8 Å². The largest absolute Gasteiger partial charge is 0.419 e. The predicted octanol–water partition coefficient (Wildman–Crippen LogP) is 4.39. The third-order valence-corrected chi connectivity index (χ3v) is 5.38. The van der Waals surface area contributed by atoms with Crippen molar-refractivity contribution in [1.82, 2.24) is 15.2 Å². The molecule has 3 rings (SSSR count). The highest BCUT2D eigenvalue weighted by Crippen LogP contribution is 2.35. The molecule has 102 valence electrons. The first-order valence-electron chi connectivity index (χ1n) is 6.68. The standard InChI is InChI=1S/C13H16BrN3OS/c1-8-16-17-12(18-8)13-15-10(11(14)19-13)7-9-5-3-2-4-6-9/h9H,2-7H2,1H3. The molecule has 0 aliphatic heterocycles. The number of halogens is 1. The Hall–Kier alpha value is -0.750. The van der Waals surface area contributed by atoms with E-state index in [1.165, 1.54) is 32.1 Å². The molecule has 2 aromatic heterocycles. The van der Waals surface area contributed by atoms with Gasteiger partial charge in [0.05, 0.1) is 9.48 Å². The van der Waals surface area contributed by atoms with Gasteiger partial charge in [-0.3, -0.25) is 0 Å². The van der Waals surface area contributed by atoms with Crippen molar-refractivity contribution >= 4 is 27.3 Å². The van der Waals surface area contributed by atoms with Gasteiger partial charge in [-0.15, -0.1) is 21.5 Å². The summed E-state index contributed by atoms with van der Waals surface area (Å²) in [5.41, 5.74) is 1.14. The number of rotatable bonds is 3. The summed E-state index contributed by atoms with van der Waals surface area (Å²) < 4.78 is 6.53. The summed E-state index contributed by atoms with van der Waals surface area (Å²) >= 11 is 5.19. The Labute approximate surface area is 124 Å². The highest BCUT2D eigenvalue weighted by Gasteiger charge is 2.20. The Bertz CT molecular complexity index is 560. The fourth-order valence-electron chi connectivity index (χ4n) is 2.60. The molecule has 0 aromatic carbocycles. The molecule has 1 saturated carbocycles. The van der Waals surface area contributed by atoms with Crippen LogP contribution in [-0.4, -0.2) is 15.2 Å². The van der Waals surface area contributed by atoms with E-state index in [0.29, 0.717) is 11.8 Å². The maximum absolute atomic E-state index is 5.43. The molecule has 1 aliphatic rings. The first-order valence-corrected chi connectivity index (χ1v) is 8.29. The van der Waals surface area contributed by atoms with Crippen LogP contribution >= 0.6 is 27.3 Å². The summed E-state index contributed by atoms with van der Waals surface area (Å²) in [7, 11) is 0. The molecule has 0 saturated heterocycles. The number of hydrogen-bond donors (Lipinski definition) is 0. The van der Waals surface area contributed by atoms with Crippen LogP contribution in [0, 0.1) is 12.8 Å². The Morgan fingerprint density at radius 2 is 2.05 bits per heavy atom. The Kier molecular flexibility index (Phi) is 3.98. The van der Waals surface area contributed by atoms with Gasteiger partial charge in [0.2, 0.25) is 5.89 Å². The lowest BCUT2D eigenvalue weighted by molar-refractivity contribution is 0.354. The highest BCUT2D eigenvalue weighted by molar-refractivity contribution is 9.11. The van der Waals surface area contributed by atoms with Crippen LogP contribution in [0.5, 0.6) is 0 Å². The smallest absolute Gasteiger partial charge is 0.276 e. The molecule has 0 unspecified atom stereocenters. The molecule has 0 bridgehead atoms. The average Bonchev–Trinajstić information content (AvgIpc) is 2.98. The van der Waals surface area contributed by atoms with E-state index in [0.717, 1.165) is 26.8 Å². The molecule has 0 spiro atoms. The van der Waals surface area contributed by atoms with E-state index in [1.807, 2.05) is 0 Å². The van der Waals surface area contributed by atoms with E-state index in [1.54, 1.807) is 18.3 Å². The molecule has 6 heteroatoms. The van der Waals surface area contributed by atoms with Gasteiger partial charge in [0, 0.05) is 6.92 Å². The van der Waals surface area contributed by atoms with Crippen LogP contribution in [0.4, 0.5) is 0 Å². The molecule has 1 aliphatic carbocycles. The van der Waals surface area contributed by atoms with Crippen molar-refractivity contribution in [2.24, 2.45) is 5.92 Å². The Morgan fingerprint density at radius 3 is 2.74 bits per heavy atom. The normalized spacial score (nSPS) is 16.9. The predicted molar refractivity (Wildman–Crippen MR) is 78.1 cm³/mol. The van der Waals surface area contributed by atoms with Gasteiger partial charge in [-0.2, -0.15) is 0 Å². The molecule has 0 amide bonds. The van der Waals surface area contributed by atoms with Gasteiger partial charge in [0.25, 0.3) is 5.89 Å². The first kappa shape index (κ1) is 13.2. The minimum Gasteiger partial charge on any atom is -0.419 e. The molecular formula is C13H16BrN3OS. The maximum Gasteiger partial charge on any atom is 0.276 e. The van der Waals surface area contributed by atoms with Gasteiger partial charge in [0.1, 0.15) is 0 Å². The molecule has 4 nitrogen and oxygen atoms in total. The Morgan fingerprint density at radius 1 is 1.26 bits per heavy atom. The molecule has 1 fully saturated rings. The zero-order chi connectivity index (χ0) is 13.2. The van der Waals surface area contributed by atoms with Crippen LogP contribution in [0.2, 0.25) is 0 Å². The number of thiazole rings is 1. The fourth-order valence-corrected chi connectivity index (χ4v) is 4.05. The lowest BCUT2D eigenvalue weighted by atomic mass is 9.86. The van der Waals surface area contributed by atoms with Crippen LogP contribution in [-0.2, 0) is 6.42 Å². The number of aromatic nitrogens is 3. The average molecular weight is 342 g/mol. The minimum atomic E-state index is 0.526. The summed E-state index contributed by atoms with van der Waals surface area (Å²) in [6.07, 6.45) is 7.84. The van der Waals surface area contributed by atoms with Crippen LogP contribution in [0.25, 0.3) is 10.9 Å². The van der Waals surface area contributed by atoms with Gasteiger partial charge in [-0.1, -0.05) is 32.1 Å². The minimum absolute atomic E-state index is 0.526. The second-order valence-electron chi connectivity index (χ2n) is 5.07. The monoisotopic (exact) mass is 341 g/mol. The quantitative estimate of drug-likeness (QED) is 0.830. The molecule has 2 heterocycles. The van der Waals surface area contributed by atoms with Gasteiger partial charge >= 0.3 is 0 Å². The summed E-state index contributed by atoms with van der Waals surface area (Å²) in [5, 5.41) is 8.70. The van der Waals surface area contributed by atoms with Crippen LogP contribution in [0.1, 0.15) is 43.7 Å². The van der Waals surface area contributed by atoms with E-state index in [9.17, 15) is 0 Å². The number of aryl methyl sites for hydroxylation is 1.